The molecule has 1 aromatic rings. The van der Waals surface area contributed by atoms with Crippen LogP contribution < -0.4 is 16.0 Å². The predicted octanol–water partition coefficient (Wildman–Crippen LogP) is 0.871. The highest BCUT2D eigenvalue weighted by Crippen LogP contribution is 2.30. The molecule has 106 valence electrons. The maximum Gasteiger partial charge on any atom is 0.251 e. The number of amides is 2. The van der Waals surface area contributed by atoms with Gasteiger partial charge in [-0.15, -0.1) is 0 Å². The summed E-state index contributed by atoms with van der Waals surface area (Å²) in [6.07, 6.45) is 0. The highest BCUT2D eigenvalue weighted by atomic mass is 32.1. The molecule has 1 fully saturated rings. The van der Waals surface area contributed by atoms with E-state index in [1.54, 1.807) is 18.7 Å². The van der Waals surface area contributed by atoms with Gasteiger partial charge in [0.2, 0.25) is 5.91 Å². The summed E-state index contributed by atoms with van der Waals surface area (Å²) in [7, 11) is 0. The van der Waals surface area contributed by atoms with E-state index in [-0.39, 0.29) is 23.3 Å². The molecule has 0 aromatic heterocycles. The van der Waals surface area contributed by atoms with Crippen LogP contribution >= 0.6 is 12.2 Å². The van der Waals surface area contributed by atoms with Gasteiger partial charge < -0.3 is 10.6 Å². The normalized spacial score (nSPS) is 17.9. The number of piperazine rings is 1. The average Bonchev–Trinajstić information content (AvgIpc) is 2.33. The van der Waals surface area contributed by atoms with Crippen molar-refractivity contribution in [1.29, 1.82) is 0 Å². The van der Waals surface area contributed by atoms with Gasteiger partial charge in [-0.2, -0.15) is 0 Å². The summed E-state index contributed by atoms with van der Waals surface area (Å²) in [5.74, 6) is -0.658. The van der Waals surface area contributed by atoms with Crippen LogP contribution in [0, 0.1) is 6.92 Å². The summed E-state index contributed by atoms with van der Waals surface area (Å²) in [6, 6.07) is 5.61. The number of carbonyl (C=O) groups is 2. The molecule has 20 heavy (non-hydrogen) atoms. The molecular weight excluding hydrogens is 274 g/mol. The van der Waals surface area contributed by atoms with Crippen LogP contribution in [0.25, 0.3) is 0 Å². The zero-order valence-corrected chi connectivity index (χ0v) is 12.5. The van der Waals surface area contributed by atoms with E-state index in [0.29, 0.717) is 11.3 Å². The second-order valence-electron chi connectivity index (χ2n) is 5.41. The third kappa shape index (κ3) is 2.38. The number of hydrogen-bond donors (Lipinski definition) is 2. The van der Waals surface area contributed by atoms with Crippen LogP contribution in [0.1, 0.15) is 25.0 Å². The summed E-state index contributed by atoms with van der Waals surface area (Å²) in [5.41, 5.74) is 7.29. The Balaban J connectivity index is 2.59. The molecule has 0 radical (unpaired) electrons. The number of imide groups is 1. The molecule has 3 N–H and O–H groups in total. The summed E-state index contributed by atoms with van der Waals surface area (Å²) >= 11 is 5.06. The maximum absolute atomic E-state index is 12.0. The third-order valence-corrected chi connectivity index (χ3v) is 3.71. The van der Waals surface area contributed by atoms with E-state index < -0.39 is 5.54 Å². The van der Waals surface area contributed by atoms with E-state index in [9.17, 15) is 9.59 Å². The minimum absolute atomic E-state index is 0.0950. The van der Waals surface area contributed by atoms with Crippen LogP contribution in [-0.2, 0) is 9.59 Å². The van der Waals surface area contributed by atoms with Crippen LogP contribution in [0.15, 0.2) is 18.2 Å². The van der Waals surface area contributed by atoms with E-state index in [0.717, 1.165) is 5.56 Å². The Morgan fingerprint density at radius 3 is 2.65 bits per heavy atom. The fourth-order valence-electron chi connectivity index (χ4n) is 2.24. The molecule has 1 saturated heterocycles. The number of benzene rings is 1. The molecule has 0 unspecified atom stereocenters. The van der Waals surface area contributed by atoms with Crippen molar-refractivity contribution in [3.63, 3.8) is 0 Å². The Kier molecular flexibility index (Phi) is 3.52. The molecule has 1 heterocycles. The number of nitrogens with two attached hydrogens (primary N) is 1. The van der Waals surface area contributed by atoms with E-state index in [1.165, 1.54) is 0 Å². The van der Waals surface area contributed by atoms with E-state index in [4.69, 9.17) is 18.0 Å². The first-order chi connectivity index (χ1) is 9.23. The molecule has 0 bridgehead atoms. The van der Waals surface area contributed by atoms with Crippen molar-refractivity contribution in [2.45, 2.75) is 26.3 Å². The molecule has 1 aliphatic rings. The number of rotatable bonds is 2. The van der Waals surface area contributed by atoms with Crippen LogP contribution in [0.2, 0.25) is 0 Å². The number of carbonyl (C=O) groups excluding carboxylic acids is 2. The molecule has 1 aliphatic heterocycles. The smallest absolute Gasteiger partial charge is 0.251 e. The molecule has 1 aromatic carbocycles. The Hall–Kier alpha value is -1.95. The lowest BCUT2D eigenvalue weighted by Crippen LogP contribution is -2.64. The standard InChI is InChI=1S/C14H17N3O2S/c1-8-4-5-9(12(15)20)10(6-8)17-7-11(18)16-13(19)14(17,2)3/h4-6H,7H2,1-3H3,(H2,15,20)(H,16,18,19). The van der Waals surface area contributed by atoms with Crippen molar-refractivity contribution in [2.75, 3.05) is 11.4 Å². The number of aryl methyl sites for hydroxylation is 1. The largest absolute Gasteiger partial charge is 0.389 e. The molecule has 2 rings (SSSR count). The lowest BCUT2D eigenvalue weighted by Gasteiger charge is -2.42. The number of nitrogens with one attached hydrogen (secondary N) is 1. The SMILES string of the molecule is Cc1ccc(C(N)=S)c(N2CC(=O)NC(=O)C2(C)C)c1. The predicted molar refractivity (Wildman–Crippen MR) is 81.6 cm³/mol. The van der Waals surface area contributed by atoms with E-state index in [2.05, 4.69) is 5.32 Å². The number of anilines is 1. The molecule has 0 spiro atoms. The molecule has 0 atom stereocenters. The topological polar surface area (TPSA) is 75.4 Å². The minimum Gasteiger partial charge on any atom is -0.389 e. The second-order valence-corrected chi connectivity index (χ2v) is 5.85. The first kappa shape index (κ1) is 14.5. The summed E-state index contributed by atoms with van der Waals surface area (Å²) in [6.45, 7) is 5.56. The average molecular weight is 291 g/mol. The van der Waals surface area contributed by atoms with Crippen LogP contribution in [-0.4, -0.2) is 28.9 Å². The first-order valence-electron chi connectivity index (χ1n) is 6.26. The molecule has 5 nitrogen and oxygen atoms in total. The molecule has 0 saturated carbocycles. The van der Waals surface area contributed by atoms with Gasteiger partial charge in [-0.25, -0.2) is 0 Å². The van der Waals surface area contributed by atoms with Crippen molar-refractivity contribution < 1.29 is 9.59 Å². The Labute approximate surface area is 123 Å². The molecular formula is C14H17N3O2S. The van der Waals surface area contributed by atoms with E-state index >= 15 is 0 Å². The van der Waals surface area contributed by atoms with Crippen LogP contribution in [0.5, 0.6) is 0 Å². The van der Waals surface area contributed by atoms with Gasteiger partial charge in [0.25, 0.3) is 5.91 Å². The number of hydrogen-bond acceptors (Lipinski definition) is 4. The Bertz CT molecular complexity index is 610. The highest BCUT2D eigenvalue weighted by molar-refractivity contribution is 7.80. The molecule has 6 heteroatoms. The zero-order chi connectivity index (χ0) is 15.1. The molecule has 0 aliphatic carbocycles. The van der Waals surface area contributed by atoms with Crippen LogP contribution in [0.4, 0.5) is 5.69 Å². The van der Waals surface area contributed by atoms with Gasteiger partial charge >= 0.3 is 0 Å². The van der Waals surface area contributed by atoms with Crippen molar-refractivity contribution >= 4 is 34.7 Å². The number of thiocarbonyl (C=S) groups is 1. The van der Waals surface area contributed by atoms with Gasteiger partial charge in [0, 0.05) is 11.3 Å². The Morgan fingerprint density at radius 1 is 1.40 bits per heavy atom. The van der Waals surface area contributed by atoms with Gasteiger partial charge in [-0.1, -0.05) is 18.3 Å². The Morgan fingerprint density at radius 2 is 2.05 bits per heavy atom. The highest BCUT2D eigenvalue weighted by Gasteiger charge is 2.41. The van der Waals surface area contributed by atoms with Gasteiger partial charge in [-0.3, -0.25) is 14.9 Å². The van der Waals surface area contributed by atoms with Gasteiger partial charge in [0.15, 0.2) is 0 Å². The van der Waals surface area contributed by atoms with Crippen molar-refractivity contribution in [2.24, 2.45) is 5.73 Å². The first-order valence-corrected chi connectivity index (χ1v) is 6.66. The number of nitrogens with zero attached hydrogens (tertiary/aromatic N) is 1. The summed E-state index contributed by atoms with van der Waals surface area (Å²) < 4.78 is 0. The van der Waals surface area contributed by atoms with Crippen molar-refractivity contribution in [1.82, 2.24) is 5.32 Å². The fraction of sp³-hybridized carbons (Fsp3) is 0.357. The van der Waals surface area contributed by atoms with Crippen LogP contribution in [0.3, 0.4) is 0 Å². The van der Waals surface area contributed by atoms with Gasteiger partial charge in [-0.05, 0) is 38.5 Å². The second kappa shape index (κ2) is 4.86. The van der Waals surface area contributed by atoms with E-state index in [1.807, 2.05) is 25.1 Å². The summed E-state index contributed by atoms with van der Waals surface area (Å²) in [4.78, 5) is 25.7. The van der Waals surface area contributed by atoms with Crippen molar-refractivity contribution in [3.05, 3.63) is 29.3 Å². The maximum atomic E-state index is 12.0. The lowest BCUT2D eigenvalue weighted by atomic mass is 9.95. The lowest BCUT2D eigenvalue weighted by molar-refractivity contribution is -0.135. The third-order valence-electron chi connectivity index (χ3n) is 3.49. The zero-order valence-electron chi connectivity index (χ0n) is 11.7. The fourth-order valence-corrected chi connectivity index (χ4v) is 2.42. The van der Waals surface area contributed by atoms with Gasteiger partial charge in [0.1, 0.15) is 10.5 Å². The van der Waals surface area contributed by atoms with Crippen molar-refractivity contribution in [3.8, 4) is 0 Å². The quantitative estimate of drug-likeness (QED) is 0.625. The van der Waals surface area contributed by atoms with Gasteiger partial charge in [0.05, 0.1) is 6.54 Å². The monoisotopic (exact) mass is 291 g/mol. The molecule has 2 amide bonds. The summed E-state index contributed by atoms with van der Waals surface area (Å²) in [5, 5.41) is 2.35. The minimum atomic E-state index is -0.846.